The Kier molecular flexibility index (Phi) is 7.17. The number of aliphatic carboxylic acids is 1. The zero-order valence-corrected chi connectivity index (χ0v) is 17.4. The maximum atomic E-state index is 12.8. The van der Waals surface area contributed by atoms with E-state index >= 15 is 0 Å². The number of rotatable bonds is 9. The monoisotopic (exact) mass is 416 g/mol. The van der Waals surface area contributed by atoms with Gasteiger partial charge in [0.15, 0.2) is 11.9 Å². The molecule has 0 aliphatic carbocycles. The lowest BCUT2D eigenvalue weighted by atomic mass is 10.1. The first-order valence-electron chi connectivity index (χ1n) is 9.92. The Morgan fingerprint density at radius 3 is 2.61 bits per heavy atom. The van der Waals surface area contributed by atoms with Gasteiger partial charge in [-0.3, -0.25) is 4.79 Å². The Labute approximate surface area is 181 Å². The summed E-state index contributed by atoms with van der Waals surface area (Å²) in [5.41, 5.74) is 2.49. The summed E-state index contributed by atoms with van der Waals surface area (Å²) in [5, 5.41) is 8.97. The molecule has 1 atom stereocenters. The lowest BCUT2D eigenvalue weighted by Gasteiger charge is -2.10. The van der Waals surface area contributed by atoms with Crippen molar-refractivity contribution in [2.45, 2.75) is 26.5 Å². The molecule has 0 spiro atoms. The third-order valence-corrected chi connectivity index (χ3v) is 4.58. The van der Waals surface area contributed by atoms with Crippen LogP contribution in [-0.4, -0.2) is 32.5 Å². The fourth-order valence-electron chi connectivity index (χ4n) is 2.98. The number of nitrogens with zero attached hydrogens (tertiary/aromatic N) is 2. The van der Waals surface area contributed by atoms with Gasteiger partial charge in [-0.25, -0.2) is 9.78 Å². The summed E-state index contributed by atoms with van der Waals surface area (Å²) in [7, 11) is 0. The Balaban J connectivity index is 1.68. The van der Waals surface area contributed by atoms with Crippen molar-refractivity contribution in [1.29, 1.82) is 0 Å². The van der Waals surface area contributed by atoms with E-state index < -0.39 is 12.1 Å². The van der Waals surface area contributed by atoms with E-state index in [1.165, 1.54) is 6.92 Å². The van der Waals surface area contributed by atoms with Gasteiger partial charge in [0.25, 0.3) is 0 Å². The van der Waals surface area contributed by atoms with Gasteiger partial charge in [0, 0.05) is 24.5 Å². The summed E-state index contributed by atoms with van der Waals surface area (Å²) in [6.07, 6.45) is 10.2. The quantitative estimate of drug-likeness (QED) is 0.511. The van der Waals surface area contributed by atoms with Crippen molar-refractivity contribution in [1.82, 2.24) is 9.55 Å². The zero-order valence-electron chi connectivity index (χ0n) is 17.4. The normalized spacial score (nSPS) is 12.3. The number of aromatic nitrogens is 2. The Hall–Kier alpha value is -3.93. The standard InChI is InChI=1S/C25H24N2O4/c1-3-6-19-10-12-21(13-11-19)23(28)24-26-14-16-27(24)15-5-8-20-7-4-9-22(17-20)31-18(2)25(29)30/h3-14,16-18H,15H2,1-2H3,(H,29,30)/b6-3+,8-5+/t18-/m0/s1. The molecule has 0 aliphatic rings. The summed E-state index contributed by atoms with van der Waals surface area (Å²) in [4.78, 5) is 28.0. The molecule has 0 amide bonds. The lowest BCUT2D eigenvalue weighted by molar-refractivity contribution is -0.144. The van der Waals surface area contributed by atoms with Gasteiger partial charge in [-0.15, -0.1) is 0 Å². The lowest BCUT2D eigenvalue weighted by Crippen LogP contribution is -2.22. The molecule has 0 saturated heterocycles. The van der Waals surface area contributed by atoms with Gasteiger partial charge < -0.3 is 14.4 Å². The molecule has 158 valence electrons. The SMILES string of the molecule is C/C=C/c1ccc(C(=O)c2nccn2C/C=C/c2cccc(O[C@@H](C)C(=O)O)c2)cc1. The average molecular weight is 416 g/mol. The van der Waals surface area contributed by atoms with E-state index in [1.54, 1.807) is 47.3 Å². The van der Waals surface area contributed by atoms with Crippen LogP contribution in [0.25, 0.3) is 12.2 Å². The molecule has 2 aromatic carbocycles. The highest BCUT2D eigenvalue weighted by atomic mass is 16.5. The van der Waals surface area contributed by atoms with Crippen LogP contribution in [0.4, 0.5) is 0 Å². The van der Waals surface area contributed by atoms with Crippen LogP contribution in [0, 0.1) is 0 Å². The first-order valence-corrected chi connectivity index (χ1v) is 9.92. The van der Waals surface area contributed by atoms with Crippen LogP contribution in [-0.2, 0) is 11.3 Å². The molecule has 3 aromatic rings. The molecule has 0 bridgehead atoms. The van der Waals surface area contributed by atoms with E-state index in [1.807, 2.05) is 49.4 Å². The van der Waals surface area contributed by atoms with Gasteiger partial charge in [-0.1, -0.05) is 60.7 Å². The minimum absolute atomic E-state index is 0.136. The van der Waals surface area contributed by atoms with E-state index in [2.05, 4.69) is 4.98 Å². The number of carboxylic acid groups (broad SMARTS) is 1. The zero-order chi connectivity index (χ0) is 22.2. The summed E-state index contributed by atoms with van der Waals surface area (Å²) >= 11 is 0. The number of carbonyl (C=O) groups excluding carboxylic acids is 1. The molecule has 6 heteroatoms. The number of benzene rings is 2. The highest BCUT2D eigenvalue weighted by Crippen LogP contribution is 2.17. The van der Waals surface area contributed by atoms with Gasteiger partial charge in [-0.2, -0.15) is 0 Å². The first-order chi connectivity index (χ1) is 15.0. The summed E-state index contributed by atoms with van der Waals surface area (Å²) in [5.74, 6) is -0.300. The average Bonchev–Trinajstić information content (AvgIpc) is 3.23. The fourth-order valence-corrected chi connectivity index (χ4v) is 2.98. The topological polar surface area (TPSA) is 81.4 Å². The van der Waals surface area contributed by atoms with Crippen molar-refractivity contribution in [3.8, 4) is 5.75 Å². The van der Waals surface area contributed by atoms with E-state index in [9.17, 15) is 9.59 Å². The molecule has 0 radical (unpaired) electrons. The van der Waals surface area contributed by atoms with E-state index in [4.69, 9.17) is 9.84 Å². The minimum Gasteiger partial charge on any atom is -0.479 e. The van der Waals surface area contributed by atoms with E-state index in [0.717, 1.165) is 11.1 Å². The predicted octanol–water partition coefficient (Wildman–Crippen LogP) is 4.71. The van der Waals surface area contributed by atoms with Crippen molar-refractivity contribution in [3.05, 3.63) is 95.6 Å². The molecule has 0 saturated carbocycles. The third kappa shape index (κ3) is 5.79. The molecule has 0 fully saturated rings. The van der Waals surface area contributed by atoms with Crippen LogP contribution in [0.1, 0.15) is 41.2 Å². The molecule has 31 heavy (non-hydrogen) atoms. The summed E-state index contributed by atoms with van der Waals surface area (Å²) in [6, 6.07) is 14.6. The van der Waals surface area contributed by atoms with E-state index in [-0.39, 0.29) is 5.78 Å². The van der Waals surface area contributed by atoms with Crippen molar-refractivity contribution in [3.63, 3.8) is 0 Å². The molecular formula is C25H24N2O4. The van der Waals surface area contributed by atoms with Gasteiger partial charge in [-0.05, 0) is 37.1 Å². The smallest absolute Gasteiger partial charge is 0.344 e. The molecule has 1 N–H and O–H groups in total. The van der Waals surface area contributed by atoms with Gasteiger partial charge in [0.2, 0.25) is 5.78 Å². The van der Waals surface area contributed by atoms with Gasteiger partial charge in [0.1, 0.15) is 5.75 Å². The van der Waals surface area contributed by atoms with Crippen molar-refractivity contribution in [2.24, 2.45) is 0 Å². The molecular weight excluding hydrogens is 392 g/mol. The Bertz CT molecular complexity index is 1110. The molecule has 0 aliphatic heterocycles. The number of carboxylic acids is 1. The number of ketones is 1. The second kappa shape index (κ2) is 10.2. The number of carbonyl (C=O) groups is 2. The number of hydrogen-bond acceptors (Lipinski definition) is 4. The summed E-state index contributed by atoms with van der Waals surface area (Å²) in [6.45, 7) is 3.90. The van der Waals surface area contributed by atoms with E-state index in [0.29, 0.717) is 23.7 Å². The molecule has 0 unspecified atom stereocenters. The largest absolute Gasteiger partial charge is 0.479 e. The van der Waals surface area contributed by atoms with Crippen LogP contribution in [0.15, 0.2) is 73.1 Å². The Morgan fingerprint density at radius 1 is 1.13 bits per heavy atom. The number of allylic oxidation sites excluding steroid dienone is 2. The number of ether oxygens (including phenoxy) is 1. The highest BCUT2D eigenvalue weighted by Gasteiger charge is 2.15. The second-order valence-electron chi connectivity index (χ2n) is 6.93. The van der Waals surface area contributed by atoms with Crippen LogP contribution >= 0.6 is 0 Å². The molecule has 6 nitrogen and oxygen atoms in total. The maximum Gasteiger partial charge on any atom is 0.344 e. The number of imidazole rings is 1. The van der Waals surface area contributed by atoms with Crippen LogP contribution < -0.4 is 4.74 Å². The number of hydrogen-bond donors (Lipinski definition) is 1. The van der Waals surface area contributed by atoms with Crippen molar-refractivity contribution in [2.75, 3.05) is 0 Å². The molecule has 1 heterocycles. The van der Waals surface area contributed by atoms with Crippen molar-refractivity contribution >= 4 is 23.9 Å². The third-order valence-electron chi connectivity index (χ3n) is 4.58. The van der Waals surface area contributed by atoms with Crippen LogP contribution in [0.3, 0.4) is 0 Å². The first kappa shape index (κ1) is 21.8. The van der Waals surface area contributed by atoms with Crippen LogP contribution in [0.5, 0.6) is 5.75 Å². The molecule has 3 rings (SSSR count). The Morgan fingerprint density at radius 2 is 1.90 bits per heavy atom. The summed E-state index contributed by atoms with van der Waals surface area (Å²) < 4.78 is 7.18. The fraction of sp³-hybridized carbons (Fsp3) is 0.160. The second-order valence-corrected chi connectivity index (χ2v) is 6.93. The highest BCUT2D eigenvalue weighted by molar-refractivity contribution is 6.06. The predicted molar refractivity (Wildman–Crippen MR) is 120 cm³/mol. The van der Waals surface area contributed by atoms with Gasteiger partial charge in [0.05, 0.1) is 0 Å². The molecule has 1 aromatic heterocycles. The van der Waals surface area contributed by atoms with Crippen molar-refractivity contribution < 1.29 is 19.4 Å². The van der Waals surface area contributed by atoms with Crippen LogP contribution in [0.2, 0.25) is 0 Å². The minimum atomic E-state index is -1.02. The maximum absolute atomic E-state index is 12.8. The van der Waals surface area contributed by atoms with Gasteiger partial charge >= 0.3 is 5.97 Å².